The molecule has 0 spiro atoms. The molecule has 1 aliphatic rings. The number of piperidine rings is 1. The predicted molar refractivity (Wildman–Crippen MR) is 102 cm³/mol. The standard InChI is InChI=1S/C18H28N4O2.ClH/c1-4-9-18(3,19)17(24)22-10-5-6-14(12-22)16(23)21-15-8-7-13(2)11-20-15;/h7-8,11,14H,4-6,9-10,12,19H2,1-3H3,(H,20,21,23);1H. The fourth-order valence-corrected chi connectivity index (χ4v) is 3.13. The zero-order valence-corrected chi connectivity index (χ0v) is 16.1. The minimum atomic E-state index is -0.856. The molecule has 2 amide bonds. The van der Waals surface area contributed by atoms with E-state index in [9.17, 15) is 9.59 Å². The van der Waals surface area contributed by atoms with Crippen molar-refractivity contribution in [2.45, 2.75) is 52.0 Å². The Morgan fingerprint density at radius 1 is 1.44 bits per heavy atom. The maximum atomic E-state index is 12.6. The Hall–Kier alpha value is -1.66. The highest BCUT2D eigenvalue weighted by molar-refractivity contribution is 5.93. The number of nitrogens with one attached hydrogen (secondary N) is 1. The second-order valence-electron chi connectivity index (χ2n) is 6.97. The number of aromatic nitrogens is 1. The Morgan fingerprint density at radius 2 is 2.16 bits per heavy atom. The molecule has 140 valence electrons. The van der Waals surface area contributed by atoms with Crippen LogP contribution in [0.15, 0.2) is 18.3 Å². The highest BCUT2D eigenvalue weighted by atomic mass is 35.5. The Balaban J connectivity index is 0.00000312. The molecular weight excluding hydrogens is 340 g/mol. The first-order valence-electron chi connectivity index (χ1n) is 8.65. The van der Waals surface area contributed by atoms with E-state index in [0.717, 1.165) is 24.8 Å². The van der Waals surface area contributed by atoms with E-state index < -0.39 is 5.54 Å². The van der Waals surface area contributed by atoms with Crippen LogP contribution in [0.25, 0.3) is 0 Å². The van der Waals surface area contributed by atoms with Crippen molar-refractivity contribution in [3.8, 4) is 0 Å². The van der Waals surface area contributed by atoms with Crippen LogP contribution >= 0.6 is 12.4 Å². The number of nitrogens with zero attached hydrogens (tertiary/aromatic N) is 2. The normalized spacial score (nSPS) is 19.5. The molecule has 1 aliphatic heterocycles. The first-order valence-corrected chi connectivity index (χ1v) is 8.65. The lowest BCUT2D eigenvalue weighted by molar-refractivity contribution is -0.139. The van der Waals surface area contributed by atoms with Crippen LogP contribution in [-0.2, 0) is 9.59 Å². The van der Waals surface area contributed by atoms with Crippen molar-refractivity contribution in [2.75, 3.05) is 18.4 Å². The molecule has 2 atom stereocenters. The minimum absolute atomic E-state index is 0. The molecule has 25 heavy (non-hydrogen) atoms. The number of hydrogen-bond donors (Lipinski definition) is 2. The molecule has 1 aromatic heterocycles. The van der Waals surface area contributed by atoms with Crippen molar-refractivity contribution in [1.82, 2.24) is 9.88 Å². The van der Waals surface area contributed by atoms with Gasteiger partial charge in [-0.2, -0.15) is 0 Å². The number of carbonyl (C=O) groups excluding carboxylic acids is 2. The van der Waals surface area contributed by atoms with Crippen molar-refractivity contribution in [3.05, 3.63) is 23.9 Å². The lowest BCUT2D eigenvalue weighted by atomic mass is 9.91. The van der Waals surface area contributed by atoms with Crippen molar-refractivity contribution in [2.24, 2.45) is 11.7 Å². The monoisotopic (exact) mass is 368 g/mol. The van der Waals surface area contributed by atoms with E-state index in [1.807, 2.05) is 19.9 Å². The molecule has 3 N–H and O–H groups in total. The summed E-state index contributed by atoms with van der Waals surface area (Å²) in [6.45, 7) is 6.83. The number of pyridine rings is 1. The fourth-order valence-electron chi connectivity index (χ4n) is 3.13. The highest BCUT2D eigenvalue weighted by Gasteiger charge is 2.36. The molecule has 1 saturated heterocycles. The first kappa shape index (κ1) is 21.4. The van der Waals surface area contributed by atoms with Gasteiger partial charge in [-0.3, -0.25) is 9.59 Å². The number of hydrogen-bond acceptors (Lipinski definition) is 4. The molecule has 2 heterocycles. The molecule has 2 rings (SSSR count). The topological polar surface area (TPSA) is 88.3 Å². The van der Waals surface area contributed by atoms with Crippen LogP contribution in [0.4, 0.5) is 5.82 Å². The summed E-state index contributed by atoms with van der Waals surface area (Å²) in [6, 6.07) is 3.70. The molecule has 1 aromatic rings. The van der Waals surface area contributed by atoms with Crippen LogP contribution in [0.3, 0.4) is 0 Å². The maximum Gasteiger partial charge on any atom is 0.242 e. The summed E-state index contributed by atoms with van der Waals surface area (Å²) in [4.78, 5) is 31.0. The van der Waals surface area contributed by atoms with Gasteiger partial charge in [0.2, 0.25) is 11.8 Å². The van der Waals surface area contributed by atoms with Crippen molar-refractivity contribution in [1.29, 1.82) is 0 Å². The summed E-state index contributed by atoms with van der Waals surface area (Å²) in [5.74, 6) is 0.181. The summed E-state index contributed by atoms with van der Waals surface area (Å²) in [5, 5.41) is 2.84. The van der Waals surface area contributed by atoms with Gasteiger partial charge >= 0.3 is 0 Å². The van der Waals surface area contributed by atoms with Gasteiger partial charge in [0, 0.05) is 19.3 Å². The van der Waals surface area contributed by atoms with E-state index in [-0.39, 0.29) is 30.1 Å². The van der Waals surface area contributed by atoms with Crippen LogP contribution in [0, 0.1) is 12.8 Å². The molecule has 0 bridgehead atoms. The molecule has 0 aromatic carbocycles. The number of anilines is 1. The lowest BCUT2D eigenvalue weighted by Gasteiger charge is -2.37. The van der Waals surface area contributed by atoms with E-state index >= 15 is 0 Å². The average Bonchev–Trinajstić information content (AvgIpc) is 2.56. The quantitative estimate of drug-likeness (QED) is 0.835. The fraction of sp³-hybridized carbons (Fsp3) is 0.611. The minimum Gasteiger partial charge on any atom is -0.340 e. The Kier molecular flexibility index (Phi) is 7.83. The highest BCUT2D eigenvalue weighted by Crippen LogP contribution is 2.22. The molecule has 0 aliphatic carbocycles. The van der Waals surface area contributed by atoms with Crippen LogP contribution in [0.5, 0.6) is 0 Å². The van der Waals surface area contributed by atoms with Crippen LogP contribution in [-0.4, -0.2) is 40.3 Å². The molecule has 0 saturated carbocycles. The van der Waals surface area contributed by atoms with Gasteiger partial charge in [0.05, 0.1) is 11.5 Å². The third-order valence-electron chi connectivity index (χ3n) is 4.50. The third kappa shape index (κ3) is 5.68. The van der Waals surface area contributed by atoms with Gasteiger partial charge in [0.25, 0.3) is 0 Å². The summed E-state index contributed by atoms with van der Waals surface area (Å²) < 4.78 is 0. The number of carbonyl (C=O) groups is 2. The van der Waals surface area contributed by atoms with Gasteiger partial charge in [-0.15, -0.1) is 12.4 Å². The van der Waals surface area contributed by atoms with Crippen LogP contribution < -0.4 is 11.1 Å². The second kappa shape index (κ2) is 9.15. The number of likely N-dealkylation sites (tertiary alicyclic amines) is 1. The summed E-state index contributed by atoms with van der Waals surface area (Å²) in [7, 11) is 0. The number of halogens is 1. The number of amides is 2. The largest absolute Gasteiger partial charge is 0.340 e. The zero-order valence-electron chi connectivity index (χ0n) is 15.2. The average molecular weight is 369 g/mol. The number of rotatable bonds is 5. The molecule has 0 radical (unpaired) electrons. The molecular formula is C18H29ClN4O2. The van der Waals surface area contributed by atoms with E-state index in [1.165, 1.54) is 0 Å². The molecule has 7 heteroatoms. The van der Waals surface area contributed by atoms with Crippen molar-refractivity contribution >= 4 is 30.0 Å². The van der Waals surface area contributed by atoms with Gasteiger partial charge in [0.15, 0.2) is 0 Å². The van der Waals surface area contributed by atoms with Gasteiger partial charge in [-0.1, -0.05) is 19.4 Å². The van der Waals surface area contributed by atoms with Crippen molar-refractivity contribution < 1.29 is 9.59 Å². The van der Waals surface area contributed by atoms with Crippen LogP contribution in [0.2, 0.25) is 0 Å². The van der Waals surface area contributed by atoms with Gasteiger partial charge in [-0.05, 0) is 44.7 Å². The summed E-state index contributed by atoms with van der Waals surface area (Å²) >= 11 is 0. The Morgan fingerprint density at radius 3 is 2.76 bits per heavy atom. The van der Waals surface area contributed by atoms with E-state index in [0.29, 0.717) is 25.3 Å². The van der Waals surface area contributed by atoms with Gasteiger partial charge in [-0.25, -0.2) is 4.98 Å². The lowest BCUT2D eigenvalue weighted by Crippen LogP contribution is -2.56. The van der Waals surface area contributed by atoms with Gasteiger partial charge in [0.1, 0.15) is 5.82 Å². The summed E-state index contributed by atoms with van der Waals surface area (Å²) in [6.07, 6.45) is 4.81. The van der Waals surface area contributed by atoms with Crippen molar-refractivity contribution in [3.63, 3.8) is 0 Å². The Bertz CT molecular complexity index is 589. The molecule has 1 fully saturated rings. The SMILES string of the molecule is CCCC(C)(N)C(=O)N1CCCC(C(=O)Nc2ccc(C)cn2)C1.Cl. The molecule has 2 unspecified atom stereocenters. The number of nitrogens with two attached hydrogens (primary N) is 1. The third-order valence-corrected chi connectivity index (χ3v) is 4.50. The maximum absolute atomic E-state index is 12.6. The number of aryl methyl sites for hydroxylation is 1. The van der Waals surface area contributed by atoms with E-state index in [2.05, 4.69) is 10.3 Å². The zero-order chi connectivity index (χ0) is 17.7. The van der Waals surface area contributed by atoms with E-state index in [1.54, 1.807) is 24.1 Å². The predicted octanol–water partition coefficient (Wildman–Crippen LogP) is 2.51. The summed E-state index contributed by atoms with van der Waals surface area (Å²) in [5.41, 5.74) is 6.35. The van der Waals surface area contributed by atoms with Crippen LogP contribution in [0.1, 0.15) is 45.1 Å². The smallest absolute Gasteiger partial charge is 0.242 e. The molecule has 6 nitrogen and oxygen atoms in total. The van der Waals surface area contributed by atoms with Gasteiger partial charge < -0.3 is 16.0 Å². The Labute approximate surface area is 156 Å². The second-order valence-corrected chi connectivity index (χ2v) is 6.97. The first-order chi connectivity index (χ1) is 11.3. The van der Waals surface area contributed by atoms with E-state index in [4.69, 9.17) is 5.73 Å².